The lowest BCUT2D eigenvalue weighted by Crippen LogP contribution is -2.31. The topological polar surface area (TPSA) is 61.4 Å². The molecule has 5 nitrogen and oxygen atoms in total. The van der Waals surface area contributed by atoms with Gasteiger partial charge in [-0.1, -0.05) is 29.8 Å². The minimum absolute atomic E-state index is 0.0526. The quantitative estimate of drug-likeness (QED) is 0.760. The predicted octanol–water partition coefficient (Wildman–Crippen LogP) is 3.75. The van der Waals surface area contributed by atoms with Gasteiger partial charge in [0.15, 0.2) is 5.11 Å². The van der Waals surface area contributed by atoms with E-state index in [1.807, 2.05) is 6.07 Å². The van der Waals surface area contributed by atoms with Gasteiger partial charge in [0.05, 0.1) is 18.0 Å². The van der Waals surface area contributed by atoms with Crippen molar-refractivity contribution in [1.29, 1.82) is 0 Å². The highest BCUT2D eigenvalue weighted by molar-refractivity contribution is 7.92. The molecule has 7 heteroatoms. The zero-order valence-corrected chi connectivity index (χ0v) is 17.3. The summed E-state index contributed by atoms with van der Waals surface area (Å²) in [7, 11) is -1.79. The smallest absolute Gasteiger partial charge is 0.231 e. The van der Waals surface area contributed by atoms with Crippen molar-refractivity contribution in [2.75, 3.05) is 22.9 Å². The van der Waals surface area contributed by atoms with Crippen LogP contribution in [0.25, 0.3) is 0 Å². The van der Waals surface area contributed by atoms with Crippen LogP contribution in [0.5, 0.6) is 0 Å². The number of sulfonamides is 1. The SMILES string of the molecule is Cc1ccc(C)c([C@@H](C)NC(=S)Nc2cccc(N(C)S(C)(=O)=O)c2)c1. The van der Waals surface area contributed by atoms with Gasteiger partial charge in [0, 0.05) is 12.7 Å². The van der Waals surface area contributed by atoms with Crippen LogP contribution in [0.2, 0.25) is 0 Å². The summed E-state index contributed by atoms with van der Waals surface area (Å²) in [5.74, 6) is 0. The molecule has 0 saturated carbocycles. The summed E-state index contributed by atoms with van der Waals surface area (Å²) in [4.78, 5) is 0. The molecule has 0 unspecified atom stereocenters. The van der Waals surface area contributed by atoms with Crippen LogP contribution in [-0.4, -0.2) is 26.8 Å². The standard InChI is InChI=1S/C19H25N3O2S2/c1-13-9-10-14(2)18(11-13)15(3)20-19(25)21-16-7-6-8-17(12-16)22(4)26(5,23)24/h6-12,15H,1-5H3,(H2,20,21,25)/t15-/m1/s1. The Morgan fingerprint density at radius 2 is 1.85 bits per heavy atom. The fourth-order valence-corrected chi connectivity index (χ4v) is 3.43. The number of anilines is 2. The molecule has 0 spiro atoms. The highest BCUT2D eigenvalue weighted by Crippen LogP contribution is 2.21. The molecular formula is C19H25N3O2S2. The van der Waals surface area contributed by atoms with E-state index in [9.17, 15) is 8.42 Å². The molecule has 0 aliphatic rings. The first-order valence-electron chi connectivity index (χ1n) is 8.26. The third kappa shape index (κ3) is 5.19. The van der Waals surface area contributed by atoms with Gasteiger partial charge in [-0.3, -0.25) is 4.31 Å². The first-order valence-corrected chi connectivity index (χ1v) is 10.5. The third-order valence-electron chi connectivity index (χ3n) is 4.21. The Kier molecular flexibility index (Phi) is 6.26. The van der Waals surface area contributed by atoms with Crippen molar-refractivity contribution in [3.63, 3.8) is 0 Å². The molecule has 0 radical (unpaired) electrons. The first kappa shape index (κ1) is 20.2. The van der Waals surface area contributed by atoms with Crippen molar-refractivity contribution in [1.82, 2.24) is 5.32 Å². The van der Waals surface area contributed by atoms with Crippen LogP contribution in [0.4, 0.5) is 11.4 Å². The minimum atomic E-state index is -3.31. The molecule has 0 saturated heterocycles. The van der Waals surface area contributed by atoms with Crippen LogP contribution in [0.3, 0.4) is 0 Å². The Bertz CT molecular complexity index is 911. The van der Waals surface area contributed by atoms with Crippen molar-refractivity contribution in [3.8, 4) is 0 Å². The van der Waals surface area contributed by atoms with Gasteiger partial charge in [-0.05, 0) is 62.3 Å². The van der Waals surface area contributed by atoms with Gasteiger partial charge in [0.1, 0.15) is 0 Å². The molecule has 0 amide bonds. The molecular weight excluding hydrogens is 366 g/mol. The second-order valence-corrected chi connectivity index (χ2v) is 8.88. The van der Waals surface area contributed by atoms with Crippen LogP contribution in [0.1, 0.15) is 29.7 Å². The van der Waals surface area contributed by atoms with Crippen LogP contribution in [0.15, 0.2) is 42.5 Å². The van der Waals surface area contributed by atoms with Gasteiger partial charge in [-0.25, -0.2) is 8.42 Å². The van der Waals surface area contributed by atoms with E-state index in [0.29, 0.717) is 10.8 Å². The molecule has 0 heterocycles. The summed E-state index contributed by atoms with van der Waals surface area (Å²) in [5, 5.41) is 6.89. The third-order valence-corrected chi connectivity index (χ3v) is 5.64. The molecule has 0 fully saturated rings. The molecule has 2 aromatic carbocycles. The summed E-state index contributed by atoms with van der Waals surface area (Å²) in [6.07, 6.45) is 1.17. The Hall–Kier alpha value is -2.12. The van der Waals surface area contributed by atoms with E-state index in [1.54, 1.807) is 18.2 Å². The molecule has 0 aliphatic carbocycles. The second-order valence-electron chi connectivity index (χ2n) is 6.46. The summed E-state index contributed by atoms with van der Waals surface area (Å²) in [6, 6.07) is 13.5. The molecule has 140 valence electrons. The van der Waals surface area contributed by atoms with Crippen molar-refractivity contribution in [3.05, 3.63) is 59.2 Å². The van der Waals surface area contributed by atoms with E-state index < -0.39 is 10.0 Å². The first-order chi connectivity index (χ1) is 12.1. The maximum atomic E-state index is 11.7. The summed E-state index contributed by atoms with van der Waals surface area (Å²) in [5.41, 5.74) is 4.90. The van der Waals surface area contributed by atoms with Gasteiger partial charge in [0.25, 0.3) is 0 Å². The summed E-state index contributed by atoms with van der Waals surface area (Å²) in [6.45, 7) is 6.20. The lowest BCUT2D eigenvalue weighted by Gasteiger charge is -2.21. The number of aryl methyl sites for hydroxylation is 2. The van der Waals surface area contributed by atoms with Crippen LogP contribution in [-0.2, 0) is 10.0 Å². The van der Waals surface area contributed by atoms with Crippen LogP contribution < -0.4 is 14.9 Å². The van der Waals surface area contributed by atoms with Crippen LogP contribution in [0, 0.1) is 13.8 Å². The van der Waals surface area contributed by atoms with Gasteiger partial charge >= 0.3 is 0 Å². The van der Waals surface area contributed by atoms with Gasteiger partial charge in [0.2, 0.25) is 10.0 Å². The average Bonchev–Trinajstić information content (AvgIpc) is 2.55. The Labute approximate surface area is 161 Å². The number of thiocarbonyl (C=S) groups is 1. The molecule has 1 atom stereocenters. The summed E-state index contributed by atoms with van der Waals surface area (Å²) < 4.78 is 24.6. The van der Waals surface area contributed by atoms with Crippen molar-refractivity contribution in [2.24, 2.45) is 0 Å². The Balaban J connectivity index is 2.09. The van der Waals surface area contributed by atoms with E-state index in [-0.39, 0.29) is 6.04 Å². The maximum Gasteiger partial charge on any atom is 0.231 e. The van der Waals surface area contributed by atoms with Gasteiger partial charge < -0.3 is 10.6 Å². The van der Waals surface area contributed by atoms with E-state index >= 15 is 0 Å². The molecule has 2 rings (SSSR count). The lowest BCUT2D eigenvalue weighted by atomic mass is 10.0. The van der Waals surface area contributed by atoms with Crippen molar-refractivity contribution >= 4 is 38.7 Å². The number of hydrogen-bond donors (Lipinski definition) is 2. The Morgan fingerprint density at radius 1 is 1.15 bits per heavy atom. The molecule has 0 aromatic heterocycles. The number of nitrogens with one attached hydrogen (secondary N) is 2. The molecule has 0 bridgehead atoms. The molecule has 26 heavy (non-hydrogen) atoms. The number of benzene rings is 2. The van der Waals surface area contributed by atoms with Crippen molar-refractivity contribution in [2.45, 2.75) is 26.8 Å². The maximum absolute atomic E-state index is 11.7. The lowest BCUT2D eigenvalue weighted by molar-refractivity contribution is 0.600. The van der Waals surface area contributed by atoms with Gasteiger partial charge in [-0.15, -0.1) is 0 Å². The normalized spacial score (nSPS) is 12.3. The number of hydrogen-bond acceptors (Lipinski definition) is 3. The highest BCUT2D eigenvalue weighted by atomic mass is 32.2. The van der Waals surface area contributed by atoms with Crippen LogP contribution >= 0.6 is 12.2 Å². The monoisotopic (exact) mass is 391 g/mol. The minimum Gasteiger partial charge on any atom is -0.356 e. The number of rotatable bonds is 5. The predicted molar refractivity (Wildman–Crippen MR) is 113 cm³/mol. The second kappa shape index (κ2) is 8.05. The fourth-order valence-electron chi connectivity index (χ4n) is 2.64. The average molecular weight is 392 g/mol. The largest absolute Gasteiger partial charge is 0.356 e. The Morgan fingerprint density at radius 3 is 2.50 bits per heavy atom. The van der Waals surface area contributed by atoms with E-state index in [4.69, 9.17) is 12.2 Å². The molecule has 2 aromatic rings. The zero-order chi connectivity index (χ0) is 19.5. The number of nitrogens with zero attached hydrogens (tertiary/aromatic N) is 1. The van der Waals surface area contributed by atoms with Crippen molar-refractivity contribution < 1.29 is 8.42 Å². The molecule has 0 aliphatic heterocycles. The van der Waals surface area contributed by atoms with E-state index in [0.717, 1.165) is 5.69 Å². The van der Waals surface area contributed by atoms with E-state index in [1.165, 1.54) is 34.3 Å². The molecule has 2 N–H and O–H groups in total. The van der Waals surface area contributed by atoms with Gasteiger partial charge in [-0.2, -0.15) is 0 Å². The zero-order valence-electron chi connectivity index (χ0n) is 15.7. The fraction of sp³-hybridized carbons (Fsp3) is 0.316. The summed E-state index contributed by atoms with van der Waals surface area (Å²) >= 11 is 5.42. The van der Waals surface area contributed by atoms with E-state index in [2.05, 4.69) is 49.6 Å². The highest BCUT2D eigenvalue weighted by Gasteiger charge is 2.13.